The van der Waals surface area contributed by atoms with E-state index in [2.05, 4.69) is 17.0 Å². The molecule has 0 aromatic heterocycles. The van der Waals surface area contributed by atoms with Crippen molar-refractivity contribution in [3.05, 3.63) is 0 Å². The number of amides is 1. The van der Waals surface area contributed by atoms with Gasteiger partial charge in [0.1, 0.15) is 6.17 Å². The average Bonchev–Trinajstić information content (AvgIpc) is 3.07. The molecule has 146 valence electrons. The maximum Gasteiger partial charge on any atom is 0.221 e. The number of carbonyl (C=O) groups is 1. The highest BCUT2D eigenvalue weighted by Gasteiger charge is 2.34. The predicted octanol–water partition coefficient (Wildman–Crippen LogP) is -0.478. The van der Waals surface area contributed by atoms with Crippen LogP contribution in [-0.4, -0.2) is 48.7 Å². The Labute approximate surface area is 158 Å². The van der Waals surface area contributed by atoms with Gasteiger partial charge in [-0.2, -0.15) is 0 Å². The van der Waals surface area contributed by atoms with Crippen LogP contribution in [0.4, 0.5) is 0 Å². The molecule has 1 fully saturated rings. The maximum atomic E-state index is 12.2. The van der Waals surface area contributed by atoms with E-state index in [1.165, 1.54) is 12.2 Å². The van der Waals surface area contributed by atoms with Gasteiger partial charge in [0, 0.05) is 29.3 Å². The van der Waals surface area contributed by atoms with Crippen molar-refractivity contribution in [2.45, 2.75) is 55.9 Å². The standard InChI is InChI=1S/C15H33N7OS2/c1-21-15(10(8-16)12(13(17)18)14(19)20)22-11(23)5-3-2-4-9-6-7-24-25-9/h9-10,12-15H,1-8,16-20H2,(H,22,23). The van der Waals surface area contributed by atoms with Gasteiger partial charge in [-0.05, 0) is 32.5 Å². The molecule has 0 spiro atoms. The molecule has 0 aromatic carbocycles. The lowest BCUT2D eigenvalue weighted by molar-refractivity contribution is -0.122. The first-order chi connectivity index (χ1) is 11.9. The number of nitrogens with zero attached hydrogens (tertiary/aromatic N) is 1. The van der Waals surface area contributed by atoms with Gasteiger partial charge in [0.25, 0.3) is 0 Å². The van der Waals surface area contributed by atoms with E-state index in [0.29, 0.717) is 6.42 Å². The van der Waals surface area contributed by atoms with Gasteiger partial charge >= 0.3 is 0 Å². The van der Waals surface area contributed by atoms with Gasteiger partial charge < -0.3 is 34.0 Å². The van der Waals surface area contributed by atoms with Gasteiger partial charge in [-0.3, -0.25) is 9.79 Å². The monoisotopic (exact) mass is 391 g/mol. The smallest absolute Gasteiger partial charge is 0.221 e. The minimum Gasteiger partial charge on any atom is -0.334 e. The van der Waals surface area contributed by atoms with Crippen LogP contribution in [0.3, 0.4) is 0 Å². The van der Waals surface area contributed by atoms with Crippen LogP contribution >= 0.6 is 21.6 Å². The van der Waals surface area contributed by atoms with Crippen LogP contribution in [0.25, 0.3) is 0 Å². The number of rotatable bonds is 12. The van der Waals surface area contributed by atoms with Gasteiger partial charge in [-0.1, -0.05) is 28.0 Å². The van der Waals surface area contributed by atoms with Gasteiger partial charge in [0.2, 0.25) is 5.91 Å². The minimum absolute atomic E-state index is 0.0840. The molecule has 1 amide bonds. The lowest BCUT2D eigenvalue weighted by atomic mass is 9.85. The van der Waals surface area contributed by atoms with Crippen molar-refractivity contribution in [1.29, 1.82) is 0 Å². The van der Waals surface area contributed by atoms with Crippen LogP contribution in [0.15, 0.2) is 4.99 Å². The first kappa shape index (κ1) is 22.7. The van der Waals surface area contributed by atoms with Gasteiger partial charge in [0.15, 0.2) is 0 Å². The molecule has 0 aromatic rings. The molecule has 8 nitrogen and oxygen atoms in total. The van der Waals surface area contributed by atoms with E-state index in [-0.39, 0.29) is 18.4 Å². The zero-order chi connectivity index (χ0) is 18.8. The Kier molecular flexibility index (Phi) is 11.0. The van der Waals surface area contributed by atoms with Crippen LogP contribution in [0.5, 0.6) is 0 Å². The first-order valence-electron chi connectivity index (χ1n) is 8.66. The molecule has 1 saturated heterocycles. The number of hydrogen-bond donors (Lipinski definition) is 6. The number of aliphatic imine (C=N–C) groups is 1. The Morgan fingerprint density at radius 3 is 2.40 bits per heavy atom. The van der Waals surface area contributed by atoms with Gasteiger partial charge in [-0.15, -0.1) is 0 Å². The van der Waals surface area contributed by atoms with Crippen molar-refractivity contribution in [3.63, 3.8) is 0 Å². The van der Waals surface area contributed by atoms with Crippen molar-refractivity contribution in [2.75, 3.05) is 12.3 Å². The van der Waals surface area contributed by atoms with Crippen LogP contribution in [-0.2, 0) is 4.79 Å². The summed E-state index contributed by atoms with van der Waals surface area (Å²) in [6, 6.07) is 0. The van der Waals surface area contributed by atoms with Crippen molar-refractivity contribution >= 4 is 34.2 Å². The predicted molar refractivity (Wildman–Crippen MR) is 109 cm³/mol. The molecule has 0 aliphatic carbocycles. The van der Waals surface area contributed by atoms with E-state index in [0.717, 1.165) is 24.5 Å². The number of nitrogens with two attached hydrogens (primary N) is 5. The van der Waals surface area contributed by atoms with Crippen LogP contribution in [0, 0.1) is 11.8 Å². The minimum atomic E-state index is -0.753. The number of carbonyl (C=O) groups excluding carboxylic acids is 1. The third-order valence-electron chi connectivity index (χ3n) is 4.47. The van der Waals surface area contributed by atoms with Crippen LogP contribution in [0.2, 0.25) is 0 Å². The second-order valence-electron chi connectivity index (χ2n) is 6.40. The van der Waals surface area contributed by atoms with Crippen molar-refractivity contribution in [3.8, 4) is 0 Å². The molecule has 3 atom stereocenters. The van der Waals surface area contributed by atoms with Gasteiger partial charge in [0.05, 0.1) is 12.3 Å². The zero-order valence-corrected chi connectivity index (χ0v) is 16.3. The Bertz CT molecular complexity index is 397. The third-order valence-corrected chi connectivity index (χ3v) is 7.48. The largest absolute Gasteiger partial charge is 0.334 e. The lowest BCUT2D eigenvalue weighted by Crippen LogP contribution is -2.60. The highest BCUT2D eigenvalue weighted by molar-refractivity contribution is 8.77. The van der Waals surface area contributed by atoms with Crippen molar-refractivity contribution in [1.82, 2.24) is 5.32 Å². The Hall–Kier alpha value is -0.360. The molecule has 1 heterocycles. The molecule has 1 rings (SSSR count). The van der Waals surface area contributed by atoms with E-state index in [9.17, 15) is 4.79 Å². The van der Waals surface area contributed by atoms with Crippen molar-refractivity contribution < 1.29 is 4.79 Å². The van der Waals surface area contributed by atoms with E-state index >= 15 is 0 Å². The van der Waals surface area contributed by atoms with E-state index < -0.39 is 24.4 Å². The third kappa shape index (κ3) is 7.81. The Morgan fingerprint density at radius 2 is 1.92 bits per heavy atom. The number of hydrogen-bond acceptors (Lipinski definition) is 9. The fraction of sp³-hybridized carbons (Fsp3) is 0.867. The number of nitrogens with one attached hydrogen (secondary N) is 1. The lowest BCUT2D eigenvalue weighted by Gasteiger charge is -2.35. The van der Waals surface area contributed by atoms with E-state index in [1.807, 2.05) is 21.6 Å². The maximum absolute atomic E-state index is 12.2. The Balaban J connectivity index is 2.45. The second kappa shape index (κ2) is 12.1. The van der Waals surface area contributed by atoms with E-state index in [4.69, 9.17) is 28.7 Å². The second-order valence-corrected chi connectivity index (χ2v) is 9.19. The molecule has 3 unspecified atom stereocenters. The molecule has 0 radical (unpaired) electrons. The summed E-state index contributed by atoms with van der Waals surface area (Å²) in [7, 11) is 3.90. The summed E-state index contributed by atoms with van der Waals surface area (Å²) in [5, 5.41) is 3.59. The SMILES string of the molecule is C=NC(NC(=O)CCCCC1CCSS1)C(CN)C(C(N)N)C(N)N. The van der Waals surface area contributed by atoms with Crippen LogP contribution < -0.4 is 34.0 Å². The molecule has 1 aliphatic rings. The number of unbranched alkanes of at least 4 members (excludes halogenated alkanes) is 1. The quantitative estimate of drug-likeness (QED) is 0.112. The van der Waals surface area contributed by atoms with Crippen LogP contribution in [0.1, 0.15) is 32.1 Å². The highest BCUT2D eigenvalue weighted by atomic mass is 33.1. The molecular weight excluding hydrogens is 358 g/mol. The molecule has 10 heteroatoms. The summed E-state index contributed by atoms with van der Waals surface area (Å²) in [6.07, 6.45) is 2.65. The fourth-order valence-corrected chi connectivity index (χ4v) is 6.10. The highest BCUT2D eigenvalue weighted by Crippen LogP contribution is 2.39. The summed E-state index contributed by atoms with van der Waals surface area (Å²) in [5.74, 6) is 0.307. The Morgan fingerprint density at radius 1 is 1.24 bits per heavy atom. The zero-order valence-electron chi connectivity index (χ0n) is 14.7. The normalized spacial score (nSPS) is 20.2. The topological polar surface area (TPSA) is 172 Å². The fourth-order valence-electron chi connectivity index (χ4n) is 3.07. The average molecular weight is 392 g/mol. The summed E-state index contributed by atoms with van der Waals surface area (Å²) in [4.78, 5) is 16.2. The van der Waals surface area contributed by atoms with Gasteiger partial charge in [-0.25, -0.2) is 0 Å². The molecule has 0 saturated carbocycles. The summed E-state index contributed by atoms with van der Waals surface area (Å²) in [6.45, 7) is 3.74. The summed E-state index contributed by atoms with van der Waals surface area (Å²) in [5.41, 5.74) is 28.9. The summed E-state index contributed by atoms with van der Waals surface area (Å²) < 4.78 is 0. The molecule has 11 N–H and O–H groups in total. The molecule has 25 heavy (non-hydrogen) atoms. The summed E-state index contributed by atoms with van der Waals surface area (Å²) >= 11 is 0. The van der Waals surface area contributed by atoms with E-state index in [1.54, 1.807) is 0 Å². The van der Waals surface area contributed by atoms with Crippen molar-refractivity contribution in [2.24, 2.45) is 45.5 Å². The first-order valence-corrected chi connectivity index (χ1v) is 11.0. The molecule has 1 aliphatic heterocycles. The molecular formula is C15H33N7OS2. The molecule has 0 bridgehead atoms.